The van der Waals surface area contributed by atoms with Crippen molar-refractivity contribution in [3.63, 3.8) is 0 Å². The van der Waals surface area contributed by atoms with E-state index in [0.29, 0.717) is 23.0 Å². The summed E-state index contributed by atoms with van der Waals surface area (Å²) in [4.78, 5) is 15.0. The summed E-state index contributed by atoms with van der Waals surface area (Å²) in [5, 5.41) is 9.75. The van der Waals surface area contributed by atoms with Crippen LogP contribution in [-0.4, -0.2) is 15.0 Å². The number of fused-ring (bicyclic) bond motifs is 5. The van der Waals surface area contributed by atoms with E-state index in [9.17, 15) is 5.26 Å². The Morgan fingerprint density at radius 3 is 1.84 bits per heavy atom. The number of hydrogen-bond donors (Lipinski definition) is 0. The maximum Gasteiger partial charge on any atom is 0.164 e. The molecule has 1 saturated carbocycles. The molecule has 0 saturated heterocycles. The van der Waals surface area contributed by atoms with E-state index in [1.165, 1.54) is 36.0 Å². The molecule has 7 rings (SSSR count). The van der Waals surface area contributed by atoms with Gasteiger partial charge in [0, 0.05) is 22.1 Å². The highest BCUT2D eigenvalue weighted by Gasteiger charge is 2.44. The molecule has 2 aliphatic carbocycles. The SMILES string of the molecule is N#Cc1ccc2c(c1)-c1c(-c3nc(-c4ccccc4)nc(-c4ccccc4)n3)cccc1C21CCCCC1. The first-order chi connectivity index (χ1) is 18.8. The molecule has 182 valence electrons. The van der Waals surface area contributed by atoms with Crippen LogP contribution in [0.25, 0.3) is 45.3 Å². The second kappa shape index (κ2) is 9.04. The first-order valence-electron chi connectivity index (χ1n) is 13.3. The first-order valence-corrected chi connectivity index (χ1v) is 13.3. The molecule has 0 N–H and O–H groups in total. The Morgan fingerprint density at radius 2 is 1.21 bits per heavy atom. The van der Waals surface area contributed by atoms with E-state index < -0.39 is 0 Å². The van der Waals surface area contributed by atoms with Crippen molar-refractivity contribution >= 4 is 0 Å². The van der Waals surface area contributed by atoms with Gasteiger partial charge in [0.25, 0.3) is 0 Å². The Bertz CT molecular complexity index is 1640. The second-order valence-electron chi connectivity index (χ2n) is 10.3. The van der Waals surface area contributed by atoms with Gasteiger partial charge in [-0.15, -0.1) is 0 Å². The molecule has 0 atom stereocenters. The van der Waals surface area contributed by atoms with Gasteiger partial charge in [0.2, 0.25) is 0 Å². The van der Waals surface area contributed by atoms with Crippen LogP contribution in [0.1, 0.15) is 48.8 Å². The molecule has 1 aromatic heterocycles. The van der Waals surface area contributed by atoms with Gasteiger partial charge in [-0.05, 0) is 47.2 Å². The minimum Gasteiger partial charge on any atom is -0.208 e. The van der Waals surface area contributed by atoms with Crippen LogP contribution < -0.4 is 0 Å². The van der Waals surface area contributed by atoms with Crippen molar-refractivity contribution in [1.82, 2.24) is 15.0 Å². The van der Waals surface area contributed by atoms with E-state index in [4.69, 9.17) is 15.0 Å². The topological polar surface area (TPSA) is 62.5 Å². The normalized spacial score (nSPS) is 15.0. The summed E-state index contributed by atoms with van der Waals surface area (Å²) in [6.07, 6.45) is 5.96. The third kappa shape index (κ3) is 3.55. The lowest BCUT2D eigenvalue weighted by molar-refractivity contribution is 0.353. The van der Waals surface area contributed by atoms with Gasteiger partial charge < -0.3 is 0 Å². The van der Waals surface area contributed by atoms with Crippen molar-refractivity contribution in [2.24, 2.45) is 0 Å². The van der Waals surface area contributed by atoms with Gasteiger partial charge in [-0.25, -0.2) is 15.0 Å². The highest BCUT2D eigenvalue weighted by molar-refractivity contribution is 5.92. The van der Waals surface area contributed by atoms with Crippen molar-refractivity contribution in [3.05, 3.63) is 114 Å². The standard InChI is InChI=1S/C34H26N4/c35-22-23-17-18-28-27(21-23)30-26(15-10-16-29(30)34(28)19-8-3-9-20-34)33-37-31(24-11-4-1-5-12-24)36-32(38-33)25-13-6-2-7-14-25/h1-2,4-7,10-18,21H,3,8-9,19-20H2. The van der Waals surface area contributed by atoms with Gasteiger partial charge >= 0.3 is 0 Å². The van der Waals surface area contributed by atoms with Crippen molar-refractivity contribution in [2.45, 2.75) is 37.5 Å². The number of nitriles is 1. The Labute approximate surface area is 222 Å². The monoisotopic (exact) mass is 490 g/mol. The van der Waals surface area contributed by atoms with Crippen molar-refractivity contribution in [2.75, 3.05) is 0 Å². The van der Waals surface area contributed by atoms with E-state index in [0.717, 1.165) is 35.1 Å². The molecule has 4 nitrogen and oxygen atoms in total. The Morgan fingerprint density at radius 1 is 0.579 bits per heavy atom. The summed E-state index contributed by atoms with van der Waals surface area (Å²) in [6.45, 7) is 0. The molecule has 0 unspecified atom stereocenters. The summed E-state index contributed by atoms with van der Waals surface area (Å²) in [5.74, 6) is 1.97. The molecule has 1 heterocycles. The zero-order chi connectivity index (χ0) is 25.5. The minimum atomic E-state index is -0.00946. The van der Waals surface area contributed by atoms with Crippen LogP contribution in [-0.2, 0) is 5.41 Å². The lowest BCUT2D eigenvalue weighted by Gasteiger charge is -2.36. The van der Waals surface area contributed by atoms with Crippen LogP contribution in [0, 0.1) is 11.3 Å². The summed E-state index contributed by atoms with van der Waals surface area (Å²) < 4.78 is 0. The van der Waals surface area contributed by atoms with Gasteiger partial charge in [-0.3, -0.25) is 0 Å². The third-order valence-corrected chi connectivity index (χ3v) is 8.16. The average Bonchev–Trinajstić information content (AvgIpc) is 3.26. The molecular formula is C34H26N4. The average molecular weight is 491 g/mol. The molecule has 1 fully saturated rings. The lowest BCUT2D eigenvalue weighted by Crippen LogP contribution is -2.28. The summed E-state index contributed by atoms with van der Waals surface area (Å²) in [6, 6.07) is 35.3. The molecule has 0 bridgehead atoms. The molecule has 1 spiro atoms. The molecule has 0 aliphatic heterocycles. The van der Waals surface area contributed by atoms with E-state index >= 15 is 0 Å². The predicted molar refractivity (Wildman–Crippen MR) is 150 cm³/mol. The fourth-order valence-corrected chi connectivity index (χ4v) is 6.43. The molecular weight excluding hydrogens is 464 g/mol. The van der Waals surface area contributed by atoms with Crippen LogP contribution in [0.4, 0.5) is 0 Å². The predicted octanol–water partition coefficient (Wildman–Crippen LogP) is 7.97. The second-order valence-corrected chi connectivity index (χ2v) is 10.3. The molecule has 0 radical (unpaired) electrons. The zero-order valence-electron chi connectivity index (χ0n) is 21.1. The van der Waals surface area contributed by atoms with E-state index in [-0.39, 0.29) is 5.41 Å². The molecule has 4 heteroatoms. The largest absolute Gasteiger partial charge is 0.208 e. The number of rotatable bonds is 3. The summed E-state index contributed by atoms with van der Waals surface area (Å²) >= 11 is 0. The quantitative estimate of drug-likeness (QED) is 0.257. The van der Waals surface area contributed by atoms with E-state index in [1.807, 2.05) is 66.7 Å². The molecule has 0 amide bonds. The molecule has 2 aliphatic rings. The minimum absolute atomic E-state index is 0.00946. The van der Waals surface area contributed by atoms with E-state index in [2.05, 4.69) is 36.4 Å². The van der Waals surface area contributed by atoms with Crippen molar-refractivity contribution in [3.8, 4) is 51.4 Å². The maximum atomic E-state index is 9.75. The Kier molecular flexibility index (Phi) is 5.37. The van der Waals surface area contributed by atoms with Gasteiger partial charge in [0.05, 0.1) is 11.6 Å². The smallest absolute Gasteiger partial charge is 0.164 e. The van der Waals surface area contributed by atoms with Crippen LogP contribution >= 0.6 is 0 Å². The fourth-order valence-electron chi connectivity index (χ4n) is 6.43. The zero-order valence-corrected chi connectivity index (χ0v) is 21.1. The van der Waals surface area contributed by atoms with Crippen LogP contribution in [0.3, 0.4) is 0 Å². The molecule has 5 aromatic rings. The highest BCUT2D eigenvalue weighted by Crippen LogP contribution is 2.57. The number of aromatic nitrogens is 3. The van der Waals surface area contributed by atoms with Crippen LogP contribution in [0.15, 0.2) is 97.1 Å². The van der Waals surface area contributed by atoms with Crippen molar-refractivity contribution < 1.29 is 0 Å². The van der Waals surface area contributed by atoms with Crippen LogP contribution in [0.5, 0.6) is 0 Å². The molecule has 4 aromatic carbocycles. The Hall–Kier alpha value is -4.62. The van der Waals surface area contributed by atoms with Gasteiger partial charge in [0.15, 0.2) is 17.5 Å². The van der Waals surface area contributed by atoms with Crippen LogP contribution in [0.2, 0.25) is 0 Å². The number of benzene rings is 4. The van der Waals surface area contributed by atoms with Crippen molar-refractivity contribution in [1.29, 1.82) is 5.26 Å². The number of nitrogens with zero attached hydrogens (tertiary/aromatic N) is 4. The summed E-state index contributed by atoms with van der Waals surface area (Å²) in [5.41, 5.74) is 8.60. The summed E-state index contributed by atoms with van der Waals surface area (Å²) in [7, 11) is 0. The van der Waals surface area contributed by atoms with E-state index in [1.54, 1.807) is 0 Å². The number of hydrogen-bond acceptors (Lipinski definition) is 4. The van der Waals surface area contributed by atoms with Gasteiger partial charge in [0.1, 0.15) is 0 Å². The maximum absolute atomic E-state index is 9.75. The van der Waals surface area contributed by atoms with Gasteiger partial charge in [-0.2, -0.15) is 5.26 Å². The highest BCUT2D eigenvalue weighted by atomic mass is 15.0. The third-order valence-electron chi connectivity index (χ3n) is 8.16. The first kappa shape index (κ1) is 22.6. The molecule has 38 heavy (non-hydrogen) atoms. The Balaban J connectivity index is 1.50. The van der Waals surface area contributed by atoms with Gasteiger partial charge in [-0.1, -0.05) is 104 Å². The fraction of sp³-hybridized carbons (Fsp3) is 0.176. The lowest BCUT2D eigenvalue weighted by atomic mass is 9.67.